The second kappa shape index (κ2) is 18.5. The molecule has 0 unspecified atom stereocenters. The van der Waals surface area contributed by atoms with Crippen molar-refractivity contribution >= 4 is 11.7 Å². The van der Waals surface area contributed by atoms with Crippen LogP contribution >= 0.6 is 0 Å². The van der Waals surface area contributed by atoms with Crippen molar-refractivity contribution in [1.29, 1.82) is 0 Å². The van der Waals surface area contributed by atoms with Crippen molar-refractivity contribution in [2.45, 2.75) is 85.5 Å². The molecule has 3 nitrogen and oxygen atoms in total. The van der Waals surface area contributed by atoms with E-state index in [2.05, 4.69) is 37.4 Å². The van der Waals surface area contributed by atoms with Crippen LogP contribution in [0.2, 0.25) is 0 Å². The van der Waals surface area contributed by atoms with Crippen molar-refractivity contribution in [1.82, 2.24) is 5.32 Å². The lowest BCUT2D eigenvalue weighted by molar-refractivity contribution is -0.121. The number of carbonyl (C=O) groups is 2. The monoisotopic (exact) mass is 387 g/mol. The molecule has 0 fully saturated rings. The zero-order valence-electron chi connectivity index (χ0n) is 18.5. The van der Waals surface area contributed by atoms with Gasteiger partial charge in [0.1, 0.15) is 5.78 Å². The zero-order chi connectivity index (χ0) is 21.0. The molecule has 158 valence electrons. The number of Topliss-reactive ketones (excluding diaryl/α,β-unsaturated/α-hetero) is 1. The molecule has 0 aromatic heterocycles. The number of aryl methyl sites for hydroxylation is 1. The number of rotatable bonds is 13. The van der Waals surface area contributed by atoms with Gasteiger partial charge in [-0.15, -0.1) is 0 Å². The number of nitrogens with one attached hydrogen (secondary N) is 1. The summed E-state index contributed by atoms with van der Waals surface area (Å²) >= 11 is 0. The Bertz CT molecular complexity index is 533. The Hall–Kier alpha value is -1.90. The van der Waals surface area contributed by atoms with Gasteiger partial charge in [0.05, 0.1) is 0 Å². The zero-order valence-corrected chi connectivity index (χ0v) is 18.5. The van der Waals surface area contributed by atoms with E-state index in [1.165, 1.54) is 18.4 Å². The molecule has 1 amide bonds. The molecule has 0 saturated heterocycles. The highest BCUT2D eigenvalue weighted by Gasteiger charge is 2.08. The van der Waals surface area contributed by atoms with E-state index < -0.39 is 0 Å². The normalized spacial score (nSPS) is 10.6. The third-order valence-electron chi connectivity index (χ3n) is 4.91. The fourth-order valence-electron chi connectivity index (χ4n) is 2.95. The average Bonchev–Trinajstić information content (AvgIpc) is 2.72. The van der Waals surface area contributed by atoms with E-state index in [4.69, 9.17) is 0 Å². The maximum absolute atomic E-state index is 11.8. The van der Waals surface area contributed by atoms with Gasteiger partial charge in [0.15, 0.2) is 0 Å². The Kier molecular flexibility index (Phi) is 17.2. The molecule has 0 bridgehead atoms. The summed E-state index contributed by atoms with van der Waals surface area (Å²) in [5.41, 5.74) is 1.27. The van der Waals surface area contributed by atoms with Gasteiger partial charge in [0.2, 0.25) is 5.91 Å². The minimum absolute atomic E-state index is 0.164. The summed E-state index contributed by atoms with van der Waals surface area (Å²) in [6.45, 7) is 9.09. The molecule has 0 atom stereocenters. The Morgan fingerprint density at radius 3 is 2.25 bits per heavy atom. The van der Waals surface area contributed by atoms with Gasteiger partial charge in [-0.05, 0) is 51.0 Å². The first-order valence-electron chi connectivity index (χ1n) is 11.0. The summed E-state index contributed by atoms with van der Waals surface area (Å²) in [4.78, 5) is 22.6. The maximum atomic E-state index is 11.8. The Labute approximate surface area is 173 Å². The third kappa shape index (κ3) is 15.2. The number of carbonyl (C=O) groups excluding carboxylic acids is 2. The van der Waals surface area contributed by atoms with Crippen molar-refractivity contribution in [3.8, 4) is 0 Å². The average molecular weight is 388 g/mol. The summed E-state index contributed by atoms with van der Waals surface area (Å²) in [5.74, 6) is 1.31. The quantitative estimate of drug-likeness (QED) is 0.320. The van der Waals surface area contributed by atoms with Gasteiger partial charge in [0.25, 0.3) is 0 Å². The van der Waals surface area contributed by atoms with Gasteiger partial charge in [-0.2, -0.15) is 0 Å². The van der Waals surface area contributed by atoms with Crippen LogP contribution in [-0.4, -0.2) is 18.2 Å². The highest BCUT2D eigenvalue weighted by molar-refractivity contribution is 5.78. The van der Waals surface area contributed by atoms with Crippen LogP contribution in [0.5, 0.6) is 0 Å². The van der Waals surface area contributed by atoms with E-state index in [0.717, 1.165) is 44.6 Å². The molecule has 1 rings (SSSR count). The van der Waals surface area contributed by atoms with Crippen LogP contribution in [-0.2, 0) is 16.0 Å². The van der Waals surface area contributed by atoms with E-state index in [1.54, 1.807) is 0 Å². The van der Waals surface area contributed by atoms with Crippen molar-refractivity contribution in [3.05, 3.63) is 48.0 Å². The molecule has 1 N–H and O–H groups in total. The van der Waals surface area contributed by atoms with Crippen molar-refractivity contribution in [3.63, 3.8) is 0 Å². The highest BCUT2D eigenvalue weighted by atomic mass is 16.1. The van der Waals surface area contributed by atoms with E-state index in [1.807, 2.05) is 38.1 Å². The lowest BCUT2D eigenvalue weighted by atomic mass is 9.95. The topological polar surface area (TPSA) is 46.2 Å². The molecule has 0 radical (unpaired) electrons. The van der Waals surface area contributed by atoms with Crippen LogP contribution in [0.4, 0.5) is 0 Å². The number of amides is 1. The molecular weight excluding hydrogens is 346 g/mol. The van der Waals surface area contributed by atoms with Crippen LogP contribution in [0.25, 0.3) is 0 Å². The predicted molar refractivity (Wildman–Crippen MR) is 120 cm³/mol. The molecule has 0 saturated carbocycles. The lowest BCUT2D eigenvalue weighted by Crippen LogP contribution is -2.21. The number of benzene rings is 1. The highest BCUT2D eigenvalue weighted by Crippen LogP contribution is 2.16. The molecular formula is C25H41NO2. The Morgan fingerprint density at radius 2 is 1.68 bits per heavy atom. The number of ketones is 1. The van der Waals surface area contributed by atoms with Gasteiger partial charge >= 0.3 is 0 Å². The molecule has 0 heterocycles. The summed E-state index contributed by atoms with van der Waals surface area (Å²) in [7, 11) is 0. The summed E-state index contributed by atoms with van der Waals surface area (Å²) in [6.07, 6.45) is 12.5. The molecule has 0 aliphatic carbocycles. The smallest absolute Gasteiger partial charge is 0.219 e. The van der Waals surface area contributed by atoms with Crippen LogP contribution in [0, 0.1) is 5.92 Å². The van der Waals surface area contributed by atoms with Crippen LogP contribution in [0.3, 0.4) is 0 Å². The molecule has 0 aliphatic heterocycles. The minimum atomic E-state index is 0.164. The number of allylic oxidation sites excluding steroid dienone is 2. The largest absolute Gasteiger partial charge is 0.356 e. The Balaban J connectivity index is 0.000000576. The Morgan fingerprint density at radius 1 is 1.00 bits per heavy atom. The lowest BCUT2D eigenvalue weighted by Gasteiger charge is -2.10. The molecule has 1 aromatic carbocycles. The van der Waals surface area contributed by atoms with Gasteiger partial charge in [-0.3, -0.25) is 9.59 Å². The van der Waals surface area contributed by atoms with Gasteiger partial charge in [0, 0.05) is 25.8 Å². The van der Waals surface area contributed by atoms with E-state index in [9.17, 15) is 9.59 Å². The van der Waals surface area contributed by atoms with Crippen LogP contribution < -0.4 is 5.32 Å². The van der Waals surface area contributed by atoms with Gasteiger partial charge < -0.3 is 5.32 Å². The standard InChI is InChI=1S/C16H24O.C9H17NO/c1-3-14(4-2)10-12-16(17)13-11-15-8-6-5-7-9-15;1-3-5-6-7-8-9(11)10-4-2/h5-9,14H,3-4,10-13H2,1-2H3;3,5H,4,6-8H2,1-2H3,(H,10,11)/b;5-3-. The van der Waals surface area contributed by atoms with Crippen LogP contribution in [0.1, 0.15) is 84.6 Å². The van der Waals surface area contributed by atoms with Gasteiger partial charge in [-0.25, -0.2) is 0 Å². The van der Waals surface area contributed by atoms with E-state index in [-0.39, 0.29) is 5.91 Å². The summed E-state index contributed by atoms with van der Waals surface area (Å²) in [5, 5.41) is 2.76. The molecule has 0 spiro atoms. The SMILES string of the molecule is C/C=C\CCCC(=O)NCC.CCC(CC)CCC(=O)CCc1ccccc1. The first-order valence-corrected chi connectivity index (χ1v) is 11.0. The molecule has 3 heteroatoms. The second-order valence-electron chi connectivity index (χ2n) is 7.16. The molecule has 0 aliphatic rings. The first kappa shape index (κ1) is 26.1. The number of hydrogen-bond donors (Lipinski definition) is 1. The predicted octanol–water partition coefficient (Wildman–Crippen LogP) is 6.27. The van der Waals surface area contributed by atoms with Crippen molar-refractivity contribution in [2.75, 3.05) is 6.54 Å². The summed E-state index contributed by atoms with van der Waals surface area (Å²) < 4.78 is 0. The molecule has 1 aromatic rings. The van der Waals surface area contributed by atoms with Gasteiger partial charge in [-0.1, -0.05) is 69.2 Å². The van der Waals surface area contributed by atoms with Crippen molar-refractivity contribution < 1.29 is 9.59 Å². The number of hydrogen-bond acceptors (Lipinski definition) is 2. The number of unbranched alkanes of at least 4 members (excludes halogenated alkanes) is 1. The minimum Gasteiger partial charge on any atom is -0.356 e. The second-order valence-corrected chi connectivity index (χ2v) is 7.16. The summed E-state index contributed by atoms with van der Waals surface area (Å²) in [6, 6.07) is 10.3. The van der Waals surface area contributed by atoms with E-state index in [0.29, 0.717) is 18.6 Å². The third-order valence-corrected chi connectivity index (χ3v) is 4.91. The maximum Gasteiger partial charge on any atom is 0.219 e. The fourth-order valence-corrected chi connectivity index (χ4v) is 2.95. The fraction of sp³-hybridized carbons (Fsp3) is 0.600. The van der Waals surface area contributed by atoms with Crippen molar-refractivity contribution in [2.24, 2.45) is 5.92 Å². The first-order chi connectivity index (χ1) is 13.6. The van der Waals surface area contributed by atoms with Crippen LogP contribution in [0.15, 0.2) is 42.5 Å². The molecule has 28 heavy (non-hydrogen) atoms. The van der Waals surface area contributed by atoms with E-state index >= 15 is 0 Å².